The van der Waals surface area contributed by atoms with Crippen molar-refractivity contribution in [3.05, 3.63) is 10.6 Å². The van der Waals surface area contributed by atoms with Gasteiger partial charge in [-0.1, -0.05) is 55.4 Å². The van der Waals surface area contributed by atoms with Gasteiger partial charge in [0.1, 0.15) is 0 Å². The molecule has 3 heteroatoms. The van der Waals surface area contributed by atoms with Crippen molar-refractivity contribution in [1.82, 2.24) is 0 Å². The van der Waals surface area contributed by atoms with Gasteiger partial charge in [-0.3, -0.25) is 0 Å². The van der Waals surface area contributed by atoms with E-state index in [9.17, 15) is 0 Å². The third kappa shape index (κ3) is 31.3. The molecule has 0 aromatic carbocycles. The summed E-state index contributed by atoms with van der Waals surface area (Å²) in [5.74, 6) is 0. The second kappa shape index (κ2) is 12.7. The third-order valence-electron chi connectivity index (χ3n) is 1.19. The molecule has 0 bridgehead atoms. The van der Waals surface area contributed by atoms with E-state index in [1.165, 1.54) is 0 Å². The van der Waals surface area contributed by atoms with E-state index < -0.39 is 0 Å². The summed E-state index contributed by atoms with van der Waals surface area (Å²) in [6, 6.07) is 2.00. The Labute approximate surface area is 111 Å². The van der Waals surface area contributed by atoms with E-state index in [0.29, 0.717) is 24.2 Å². The second-order valence-corrected chi connectivity index (χ2v) is 4.67. The monoisotopic (exact) mass is 384 g/mol. The average molecular weight is 384 g/mol. The van der Waals surface area contributed by atoms with E-state index in [4.69, 9.17) is 0 Å². The molecule has 0 aliphatic rings. The Morgan fingerprint density at radius 2 is 0.600 bits per heavy atom. The number of hydrogen-bond donors (Lipinski definition) is 0. The largest absolute Gasteiger partial charge is 2.00 e. The van der Waals surface area contributed by atoms with Crippen LogP contribution in [0.3, 0.4) is 0 Å². The van der Waals surface area contributed by atoms with Crippen LogP contribution < -0.4 is 0 Å². The third-order valence-corrected chi connectivity index (χ3v) is 1.19. The smallest absolute Gasteiger partial charge is 0.658 e. The molecular weight excluding hydrogens is 356 g/mol. The minimum atomic E-state index is 0. The molecule has 92 valence electrons. The SMILES string of the molecule is CC(C)[N-]C(C)C.CC(C)[N-]C(C)C.[W+2]. The van der Waals surface area contributed by atoms with Gasteiger partial charge in [-0.15, -0.1) is 24.2 Å². The van der Waals surface area contributed by atoms with Crippen molar-refractivity contribution >= 4 is 0 Å². The molecule has 2 nitrogen and oxygen atoms in total. The van der Waals surface area contributed by atoms with Crippen molar-refractivity contribution in [2.75, 3.05) is 0 Å². The van der Waals surface area contributed by atoms with Crippen molar-refractivity contribution in [3.63, 3.8) is 0 Å². The zero-order valence-electron chi connectivity index (χ0n) is 11.6. The summed E-state index contributed by atoms with van der Waals surface area (Å²) >= 11 is 0. The zero-order chi connectivity index (χ0) is 11.7. The molecule has 0 aliphatic heterocycles. The fourth-order valence-corrected chi connectivity index (χ4v) is 1.19. The molecule has 0 aromatic rings. The van der Waals surface area contributed by atoms with Crippen molar-refractivity contribution in [3.8, 4) is 0 Å². The maximum Gasteiger partial charge on any atom is 2.00 e. The summed E-state index contributed by atoms with van der Waals surface area (Å²) in [7, 11) is 0. The van der Waals surface area contributed by atoms with E-state index in [1.807, 2.05) is 0 Å². The van der Waals surface area contributed by atoms with Crippen LogP contribution in [0.25, 0.3) is 10.6 Å². The van der Waals surface area contributed by atoms with Crippen LogP contribution in [-0.2, 0) is 21.1 Å². The topological polar surface area (TPSA) is 28.2 Å². The maximum absolute atomic E-state index is 4.28. The fourth-order valence-electron chi connectivity index (χ4n) is 1.19. The van der Waals surface area contributed by atoms with E-state index >= 15 is 0 Å². The van der Waals surface area contributed by atoms with Crippen LogP contribution in [0.1, 0.15) is 55.4 Å². The maximum atomic E-state index is 4.28. The summed E-state index contributed by atoms with van der Waals surface area (Å²) in [5, 5.41) is 8.56. The predicted octanol–water partition coefficient (Wildman–Crippen LogP) is 4.35. The first-order chi connectivity index (χ1) is 6.25. The molecule has 0 saturated heterocycles. The molecule has 0 amide bonds. The second-order valence-electron chi connectivity index (χ2n) is 4.67. The van der Waals surface area contributed by atoms with E-state index in [-0.39, 0.29) is 21.1 Å². The summed E-state index contributed by atoms with van der Waals surface area (Å²) < 4.78 is 0. The van der Waals surface area contributed by atoms with Crippen molar-refractivity contribution in [1.29, 1.82) is 0 Å². The van der Waals surface area contributed by atoms with Gasteiger partial charge in [0.2, 0.25) is 0 Å². The van der Waals surface area contributed by atoms with Gasteiger partial charge in [-0.05, 0) is 0 Å². The van der Waals surface area contributed by atoms with Crippen molar-refractivity contribution in [2.24, 2.45) is 0 Å². The van der Waals surface area contributed by atoms with Crippen LogP contribution in [-0.4, -0.2) is 24.2 Å². The van der Waals surface area contributed by atoms with Crippen LogP contribution in [0.15, 0.2) is 0 Å². The Hall–Kier alpha value is 0.608. The minimum absolute atomic E-state index is 0. The molecule has 0 aliphatic carbocycles. The summed E-state index contributed by atoms with van der Waals surface area (Å²) in [6.07, 6.45) is 0. The van der Waals surface area contributed by atoms with Gasteiger partial charge in [-0.25, -0.2) is 0 Å². The van der Waals surface area contributed by atoms with Crippen LogP contribution in [0, 0.1) is 0 Å². The van der Waals surface area contributed by atoms with Crippen molar-refractivity contribution in [2.45, 2.75) is 79.6 Å². The molecule has 15 heavy (non-hydrogen) atoms. The zero-order valence-corrected chi connectivity index (χ0v) is 14.5. The van der Waals surface area contributed by atoms with Gasteiger partial charge in [0.25, 0.3) is 0 Å². The van der Waals surface area contributed by atoms with Crippen LogP contribution >= 0.6 is 0 Å². The van der Waals surface area contributed by atoms with Crippen molar-refractivity contribution < 1.29 is 21.1 Å². The van der Waals surface area contributed by atoms with E-state index in [1.54, 1.807) is 0 Å². The normalized spacial score (nSPS) is 10.4. The summed E-state index contributed by atoms with van der Waals surface area (Å²) in [5.41, 5.74) is 0. The quantitative estimate of drug-likeness (QED) is 0.690. The Morgan fingerprint density at radius 3 is 0.600 bits per heavy atom. The van der Waals surface area contributed by atoms with E-state index in [2.05, 4.69) is 66.0 Å². The molecule has 0 heterocycles. The predicted molar refractivity (Wildman–Crippen MR) is 67.3 cm³/mol. The van der Waals surface area contributed by atoms with Crippen LogP contribution in [0.5, 0.6) is 0 Å². The Balaban J connectivity index is -0.000000180. The van der Waals surface area contributed by atoms with Crippen LogP contribution in [0.4, 0.5) is 0 Å². The number of rotatable bonds is 4. The van der Waals surface area contributed by atoms with Gasteiger partial charge in [0.05, 0.1) is 0 Å². The summed E-state index contributed by atoms with van der Waals surface area (Å²) in [6.45, 7) is 16.8. The Bertz CT molecular complexity index is 86.2. The van der Waals surface area contributed by atoms with Gasteiger partial charge >= 0.3 is 21.1 Å². The van der Waals surface area contributed by atoms with Gasteiger partial charge in [0, 0.05) is 0 Å². The standard InChI is InChI=1S/2C6H14N.W/c2*1-5(2)7-6(3)4;/h2*5-6H,1-4H3;/q2*-1;+2. The molecule has 0 radical (unpaired) electrons. The molecule has 0 fully saturated rings. The van der Waals surface area contributed by atoms with Gasteiger partial charge in [0.15, 0.2) is 0 Å². The number of hydrogen-bond acceptors (Lipinski definition) is 0. The molecular formula is C12H28N2W. The molecule has 0 spiro atoms. The van der Waals surface area contributed by atoms with E-state index in [0.717, 1.165) is 0 Å². The van der Waals surface area contributed by atoms with Crippen LogP contribution in [0.2, 0.25) is 0 Å². The number of nitrogens with zero attached hydrogens (tertiary/aromatic N) is 2. The molecule has 0 saturated carbocycles. The first kappa shape index (κ1) is 21.0. The first-order valence-corrected chi connectivity index (χ1v) is 5.65. The molecule has 0 rings (SSSR count). The Morgan fingerprint density at radius 1 is 0.467 bits per heavy atom. The Kier molecular flexibility index (Phi) is 17.7. The average Bonchev–Trinajstić information content (AvgIpc) is 1.79. The minimum Gasteiger partial charge on any atom is -0.658 e. The molecule has 0 unspecified atom stereocenters. The molecule has 0 aromatic heterocycles. The summed E-state index contributed by atoms with van der Waals surface area (Å²) in [4.78, 5) is 0. The van der Waals surface area contributed by atoms with Gasteiger partial charge < -0.3 is 10.6 Å². The first-order valence-electron chi connectivity index (χ1n) is 5.65. The molecule has 0 atom stereocenters. The molecule has 0 N–H and O–H groups in total. The fraction of sp³-hybridized carbons (Fsp3) is 1.00. The van der Waals surface area contributed by atoms with Gasteiger partial charge in [-0.2, -0.15) is 0 Å².